The first-order valence-corrected chi connectivity index (χ1v) is 7.16. The average molecular weight is 272 g/mol. The maximum Gasteiger partial charge on any atom is 0.279 e. The van der Waals surface area contributed by atoms with E-state index in [0.717, 1.165) is 5.56 Å². The fraction of sp³-hybridized carbons (Fsp3) is 0.500. The highest BCUT2D eigenvalue weighted by Crippen LogP contribution is 2.06. The van der Waals surface area contributed by atoms with Gasteiger partial charge in [-0.1, -0.05) is 30.3 Å². The lowest BCUT2D eigenvalue weighted by Crippen LogP contribution is -2.43. The molecule has 0 heterocycles. The van der Waals surface area contributed by atoms with Crippen molar-refractivity contribution in [2.45, 2.75) is 19.5 Å². The third-order valence-electron chi connectivity index (χ3n) is 2.43. The first-order valence-electron chi connectivity index (χ1n) is 5.72. The van der Waals surface area contributed by atoms with Crippen molar-refractivity contribution in [3.8, 4) is 0 Å². The van der Waals surface area contributed by atoms with E-state index in [9.17, 15) is 8.42 Å². The fourth-order valence-electron chi connectivity index (χ4n) is 1.55. The maximum absolute atomic E-state index is 12.0. The van der Waals surface area contributed by atoms with E-state index in [1.165, 1.54) is 4.31 Å². The topological polar surface area (TPSA) is 58.6 Å². The van der Waals surface area contributed by atoms with Crippen LogP contribution in [-0.2, 0) is 21.5 Å². The molecule has 102 valence electrons. The predicted molar refractivity (Wildman–Crippen MR) is 71.3 cm³/mol. The lowest BCUT2D eigenvalue weighted by Gasteiger charge is -2.20. The monoisotopic (exact) mass is 272 g/mol. The van der Waals surface area contributed by atoms with Gasteiger partial charge in [-0.15, -0.1) is 0 Å². The molecule has 0 saturated carbocycles. The normalized spacial score (nSPS) is 13.8. The molecular weight excluding hydrogens is 252 g/mol. The van der Waals surface area contributed by atoms with E-state index in [1.807, 2.05) is 30.3 Å². The molecule has 0 fully saturated rings. The summed E-state index contributed by atoms with van der Waals surface area (Å²) in [5, 5.41) is 0. The van der Waals surface area contributed by atoms with Gasteiger partial charge >= 0.3 is 0 Å². The number of rotatable bonds is 7. The van der Waals surface area contributed by atoms with Gasteiger partial charge in [0, 0.05) is 26.7 Å². The van der Waals surface area contributed by atoms with E-state index in [-0.39, 0.29) is 6.04 Å². The van der Waals surface area contributed by atoms with Crippen LogP contribution in [0.15, 0.2) is 30.3 Å². The highest BCUT2D eigenvalue weighted by atomic mass is 32.2. The first kappa shape index (κ1) is 15.1. The van der Waals surface area contributed by atoms with Crippen LogP contribution in [0.1, 0.15) is 12.5 Å². The molecule has 1 atom stereocenters. The second-order valence-corrected chi connectivity index (χ2v) is 6.03. The molecule has 1 aromatic rings. The zero-order chi connectivity index (χ0) is 13.6. The molecule has 1 aromatic carbocycles. The van der Waals surface area contributed by atoms with Crippen LogP contribution < -0.4 is 4.72 Å². The lowest BCUT2D eigenvalue weighted by atomic mass is 10.2. The van der Waals surface area contributed by atoms with Crippen molar-refractivity contribution in [1.29, 1.82) is 0 Å². The molecule has 0 aliphatic carbocycles. The number of nitrogens with one attached hydrogen (secondary N) is 1. The molecule has 0 saturated heterocycles. The molecule has 18 heavy (non-hydrogen) atoms. The Morgan fingerprint density at radius 2 is 1.94 bits per heavy atom. The van der Waals surface area contributed by atoms with Crippen molar-refractivity contribution >= 4 is 10.2 Å². The van der Waals surface area contributed by atoms with Gasteiger partial charge in [0.05, 0.1) is 6.61 Å². The summed E-state index contributed by atoms with van der Waals surface area (Å²) in [5.41, 5.74) is 0.949. The van der Waals surface area contributed by atoms with Crippen molar-refractivity contribution in [2.75, 3.05) is 20.8 Å². The zero-order valence-electron chi connectivity index (χ0n) is 11.0. The Morgan fingerprint density at radius 1 is 1.33 bits per heavy atom. The van der Waals surface area contributed by atoms with Crippen molar-refractivity contribution in [3.63, 3.8) is 0 Å². The van der Waals surface area contributed by atoms with Crippen LogP contribution in [0.2, 0.25) is 0 Å². The third-order valence-corrected chi connectivity index (χ3v) is 4.08. The van der Waals surface area contributed by atoms with E-state index >= 15 is 0 Å². The first-order chi connectivity index (χ1) is 8.45. The van der Waals surface area contributed by atoms with Crippen LogP contribution in [0.4, 0.5) is 0 Å². The molecule has 0 aliphatic heterocycles. The Labute approximate surface area is 109 Å². The molecular formula is C12H20N2O3S. The van der Waals surface area contributed by atoms with E-state index < -0.39 is 10.2 Å². The number of hydrogen-bond acceptors (Lipinski definition) is 3. The van der Waals surface area contributed by atoms with E-state index in [0.29, 0.717) is 13.2 Å². The molecule has 5 nitrogen and oxygen atoms in total. The highest BCUT2D eigenvalue weighted by Gasteiger charge is 2.20. The highest BCUT2D eigenvalue weighted by molar-refractivity contribution is 7.87. The van der Waals surface area contributed by atoms with Crippen molar-refractivity contribution in [2.24, 2.45) is 0 Å². The Kier molecular flexibility index (Phi) is 5.74. The molecule has 1 rings (SSSR count). The van der Waals surface area contributed by atoms with Gasteiger partial charge < -0.3 is 4.74 Å². The Bertz CT molecular complexity index is 448. The van der Waals surface area contributed by atoms with Gasteiger partial charge in [-0.25, -0.2) is 0 Å². The quantitative estimate of drug-likeness (QED) is 0.805. The summed E-state index contributed by atoms with van der Waals surface area (Å²) in [6, 6.07) is 9.21. The molecule has 6 heteroatoms. The minimum Gasteiger partial charge on any atom is -0.383 e. The van der Waals surface area contributed by atoms with Crippen LogP contribution in [0.25, 0.3) is 0 Å². The summed E-state index contributed by atoms with van der Waals surface area (Å²) >= 11 is 0. The van der Waals surface area contributed by atoms with Gasteiger partial charge in [-0.2, -0.15) is 17.4 Å². The van der Waals surface area contributed by atoms with E-state index in [4.69, 9.17) is 4.74 Å². The van der Waals surface area contributed by atoms with Gasteiger partial charge in [0.2, 0.25) is 0 Å². The number of benzene rings is 1. The van der Waals surface area contributed by atoms with Crippen LogP contribution in [0.3, 0.4) is 0 Å². The summed E-state index contributed by atoms with van der Waals surface area (Å²) in [5.74, 6) is 0. The molecule has 1 unspecified atom stereocenters. The molecule has 0 radical (unpaired) electrons. The van der Waals surface area contributed by atoms with Crippen LogP contribution in [-0.4, -0.2) is 39.5 Å². The summed E-state index contributed by atoms with van der Waals surface area (Å²) in [7, 11) is -0.386. The molecule has 0 bridgehead atoms. The fourth-order valence-corrected chi connectivity index (χ4v) is 2.63. The molecule has 0 aromatic heterocycles. The second-order valence-electron chi connectivity index (χ2n) is 4.22. The number of nitrogens with zero attached hydrogens (tertiary/aromatic N) is 1. The molecule has 1 N–H and O–H groups in total. The molecule has 0 spiro atoms. The van der Waals surface area contributed by atoms with Crippen LogP contribution in [0.5, 0.6) is 0 Å². The summed E-state index contributed by atoms with van der Waals surface area (Å²) < 4.78 is 32.7. The minimum absolute atomic E-state index is 0.252. The van der Waals surface area contributed by atoms with Gasteiger partial charge in [0.25, 0.3) is 10.2 Å². The number of ether oxygens (including phenoxy) is 1. The summed E-state index contributed by atoms with van der Waals surface area (Å²) in [6.45, 7) is 2.45. The minimum atomic E-state index is -3.48. The third kappa shape index (κ3) is 4.73. The molecule has 0 aliphatic rings. The van der Waals surface area contributed by atoms with Crippen molar-refractivity contribution in [3.05, 3.63) is 35.9 Å². The van der Waals surface area contributed by atoms with Gasteiger partial charge in [-0.3, -0.25) is 0 Å². The largest absolute Gasteiger partial charge is 0.383 e. The Morgan fingerprint density at radius 3 is 2.50 bits per heavy atom. The molecule has 0 amide bonds. The lowest BCUT2D eigenvalue weighted by molar-refractivity contribution is 0.179. The van der Waals surface area contributed by atoms with Crippen molar-refractivity contribution in [1.82, 2.24) is 9.03 Å². The average Bonchev–Trinajstić information content (AvgIpc) is 2.29. The van der Waals surface area contributed by atoms with Crippen LogP contribution >= 0.6 is 0 Å². The second kappa shape index (κ2) is 6.84. The zero-order valence-corrected chi connectivity index (χ0v) is 11.8. The van der Waals surface area contributed by atoms with E-state index in [1.54, 1.807) is 21.1 Å². The van der Waals surface area contributed by atoms with Crippen molar-refractivity contribution < 1.29 is 13.2 Å². The number of hydrogen-bond donors (Lipinski definition) is 1. The standard InChI is InChI=1S/C12H20N2O3S/c1-11(10-17-3)13-18(15,16)14(2)9-12-7-5-4-6-8-12/h4-8,11,13H,9-10H2,1-3H3. The Hall–Kier alpha value is -0.950. The smallest absolute Gasteiger partial charge is 0.279 e. The van der Waals surface area contributed by atoms with Gasteiger partial charge in [-0.05, 0) is 12.5 Å². The van der Waals surface area contributed by atoms with Crippen LogP contribution in [0, 0.1) is 0 Å². The predicted octanol–water partition coefficient (Wildman–Crippen LogP) is 0.988. The van der Waals surface area contributed by atoms with E-state index in [2.05, 4.69) is 4.72 Å². The maximum atomic E-state index is 12.0. The summed E-state index contributed by atoms with van der Waals surface area (Å²) in [4.78, 5) is 0. The summed E-state index contributed by atoms with van der Waals surface area (Å²) in [6.07, 6.45) is 0. The van der Waals surface area contributed by atoms with Gasteiger partial charge in [0.1, 0.15) is 0 Å². The Balaban J connectivity index is 2.62. The number of methoxy groups -OCH3 is 1. The van der Waals surface area contributed by atoms with Gasteiger partial charge in [0.15, 0.2) is 0 Å². The SMILES string of the molecule is COCC(C)NS(=O)(=O)N(C)Cc1ccccc1.